The van der Waals surface area contributed by atoms with Gasteiger partial charge in [0.1, 0.15) is 5.71 Å². The van der Waals surface area contributed by atoms with Crippen molar-refractivity contribution in [2.45, 2.75) is 37.6 Å². The Balaban J connectivity index is 2.81. The van der Waals surface area contributed by atoms with Crippen molar-refractivity contribution in [3.63, 3.8) is 0 Å². The third-order valence-corrected chi connectivity index (χ3v) is 4.27. The molecule has 0 amide bonds. The molecule has 0 aliphatic heterocycles. The number of hydrogen-bond acceptors (Lipinski definition) is 4. The van der Waals surface area contributed by atoms with Crippen LogP contribution in [0.5, 0.6) is 0 Å². The zero-order valence-corrected chi connectivity index (χ0v) is 14.6. The molecule has 1 aliphatic rings. The molecule has 0 radical (unpaired) electrons. The predicted octanol–water partition coefficient (Wildman–Crippen LogP) is 4.20. The number of carbonyl (C=O) groups is 1. The molecule has 0 saturated heterocycles. The molecule has 0 aromatic heterocycles. The van der Waals surface area contributed by atoms with E-state index in [1.54, 1.807) is 39.0 Å². The van der Waals surface area contributed by atoms with Crippen LogP contribution in [0.25, 0.3) is 0 Å². The first-order chi connectivity index (χ1) is 9.60. The predicted molar refractivity (Wildman–Crippen MR) is 85.9 cm³/mol. The van der Waals surface area contributed by atoms with Crippen LogP contribution in [0.1, 0.15) is 27.7 Å². The van der Waals surface area contributed by atoms with Crippen molar-refractivity contribution < 1.29 is 14.4 Å². The molecule has 0 aromatic rings. The van der Waals surface area contributed by atoms with Crippen molar-refractivity contribution >= 4 is 46.5 Å². The second-order valence-electron chi connectivity index (χ2n) is 4.92. The third kappa shape index (κ3) is 4.63. The van der Waals surface area contributed by atoms with Crippen molar-refractivity contribution in [1.82, 2.24) is 0 Å². The first-order valence-corrected chi connectivity index (χ1v) is 7.60. The van der Waals surface area contributed by atoms with E-state index in [0.29, 0.717) is 12.3 Å². The molecule has 4 nitrogen and oxygen atoms in total. The molecule has 0 heterocycles. The van der Waals surface area contributed by atoms with Crippen molar-refractivity contribution in [3.8, 4) is 0 Å². The van der Waals surface area contributed by atoms with E-state index in [2.05, 4.69) is 5.16 Å². The maximum Gasteiger partial charge on any atom is 0.349 e. The summed E-state index contributed by atoms with van der Waals surface area (Å²) < 4.78 is 3.37. The van der Waals surface area contributed by atoms with Crippen LogP contribution in [0.15, 0.2) is 29.0 Å². The molecule has 21 heavy (non-hydrogen) atoms. The average Bonchev–Trinajstić information content (AvgIpc) is 2.36. The minimum atomic E-state index is -1.46. The smallest absolute Gasteiger partial charge is 0.349 e. The van der Waals surface area contributed by atoms with E-state index in [1.807, 2.05) is 6.92 Å². The SMILES string of the molecule is CCOC(=O)C(C)ON=C1C=CC(C)(C(Cl)(Cl)Cl)C=C1C. The number of carbonyl (C=O) groups excluding carboxylic acids is 1. The molecule has 0 N–H and O–H groups in total. The van der Waals surface area contributed by atoms with Gasteiger partial charge < -0.3 is 9.57 Å². The number of allylic oxidation sites excluding steroid dienone is 4. The summed E-state index contributed by atoms with van der Waals surface area (Å²) in [6.07, 6.45) is 4.47. The Hall–Kier alpha value is -0.710. The number of ether oxygens (including phenoxy) is 1. The minimum absolute atomic E-state index is 0.295. The van der Waals surface area contributed by atoms with Gasteiger partial charge in [0.05, 0.1) is 12.0 Å². The Morgan fingerprint density at radius 1 is 1.48 bits per heavy atom. The van der Waals surface area contributed by atoms with Gasteiger partial charge in [0.25, 0.3) is 0 Å². The Labute approximate surface area is 139 Å². The van der Waals surface area contributed by atoms with E-state index < -0.39 is 21.3 Å². The molecule has 2 unspecified atom stereocenters. The third-order valence-electron chi connectivity index (χ3n) is 3.05. The van der Waals surface area contributed by atoms with Crippen molar-refractivity contribution in [2.24, 2.45) is 10.6 Å². The number of alkyl halides is 3. The van der Waals surface area contributed by atoms with E-state index in [4.69, 9.17) is 44.4 Å². The number of oxime groups is 1. The summed E-state index contributed by atoms with van der Waals surface area (Å²) in [4.78, 5) is 16.6. The van der Waals surface area contributed by atoms with Crippen LogP contribution in [0.2, 0.25) is 0 Å². The monoisotopic (exact) mass is 353 g/mol. The second-order valence-corrected chi connectivity index (χ2v) is 7.20. The van der Waals surface area contributed by atoms with Crippen molar-refractivity contribution in [1.29, 1.82) is 0 Å². The zero-order chi connectivity index (χ0) is 16.3. The Bertz CT molecular complexity index is 494. The van der Waals surface area contributed by atoms with E-state index in [0.717, 1.165) is 5.57 Å². The molecule has 0 aromatic carbocycles. The first kappa shape index (κ1) is 18.3. The van der Waals surface area contributed by atoms with Gasteiger partial charge in [-0.2, -0.15) is 0 Å². The Morgan fingerprint density at radius 2 is 2.10 bits per heavy atom. The molecule has 0 fully saturated rings. The highest BCUT2D eigenvalue weighted by Crippen LogP contribution is 2.48. The van der Waals surface area contributed by atoms with Crippen molar-refractivity contribution in [2.75, 3.05) is 6.61 Å². The zero-order valence-electron chi connectivity index (χ0n) is 12.3. The van der Waals surface area contributed by atoms with Crippen LogP contribution in [-0.2, 0) is 14.4 Å². The number of rotatable bonds is 4. The molecule has 0 saturated carbocycles. The average molecular weight is 355 g/mol. The van der Waals surface area contributed by atoms with Gasteiger partial charge >= 0.3 is 5.97 Å². The summed E-state index contributed by atoms with van der Waals surface area (Å²) in [7, 11) is 0. The lowest BCUT2D eigenvalue weighted by Crippen LogP contribution is -2.31. The lowest BCUT2D eigenvalue weighted by Gasteiger charge is -2.33. The van der Waals surface area contributed by atoms with Gasteiger partial charge in [-0.1, -0.05) is 52.1 Å². The quantitative estimate of drug-likeness (QED) is 0.432. The van der Waals surface area contributed by atoms with Crippen molar-refractivity contribution in [3.05, 3.63) is 23.8 Å². The fraction of sp³-hybridized carbons (Fsp3) is 0.571. The highest BCUT2D eigenvalue weighted by Gasteiger charge is 2.42. The van der Waals surface area contributed by atoms with Gasteiger partial charge in [-0.3, -0.25) is 0 Å². The standard InChI is InChI=1S/C14H18Cl3NO3/c1-5-20-12(19)10(3)21-18-11-6-7-13(4,8-9(11)2)14(15,16)17/h6-8,10H,5H2,1-4H3. The summed E-state index contributed by atoms with van der Waals surface area (Å²) in [5.41, 5.74) is 0.633. The van der Waals surface area contributed by atoms with E-state index in [-0.39, 0.29) is 0 Å². The molecule has 1 aliphatic carbocycles. The molecule has 0 spiro atoms. The summed E-state index contributed by atoms with van der Waals surface area (Å²) in [5.74, 6) is -0.464. The van der Waals surface area contributed by atoms with Crippen LogP contribution >= 0.6 is 34.8 Å². The number of esters is 1. The van der Waals surface area contributed by atoms with Gasteiger partial charge in [-0.15, -0.1) is 0 Å². The summed E-state index contributed by atoms with van der Waals surface area (Å²) in [6.45, 7) is 7.22. The number of halogens is 3. The second kappa shape index (κ2) is 7.03. The highest BCUT2D eigenvalue weighted by atomic mass is 35.6. The van der Waals surface area contributed by atoms with Gasteiger partial charge in [0.15, 0.2) is 0 Å². The summed E-state index contributed by atoms with van der Waals surface area (Å²) in [6, 6.07) is 0. The van der Waals surface area contributed by atoms with Crippen LogP contribution in [-0.4, -0.2) is 28.2 Å². The lowest BCUT2D eigenvalue weighted by molar-refractivity contribution is -0.155. The number of nitrogens with zero attached hydrogens (tertiary/aromatic N) is 1. The van der Waals surface area contributed by atoms with Crippen LogP contribution in [0.4, 0.5) is 0 Å². The van der Waals surface area contributed by atoms with Crippen LogP contribution < -0.4 is 0 Å². The minimum Gasteiger partial charge on any atom is -0.463 e. The Morgan fingerprint density at radius 3 is 2.57 bits per heavy atom. The van der Waals surface area contributed by atoms with Gasteiger partial charge in [0.2, 0.25) is 9.90 Å². The van der Waals surface area contributed by atoms with Gasteiger partial charge in [0, 0.05) is 0 Å². The molecular formula is C14H18Cl3NO3. The fourth-order valence-electron chi connectivity index (χ4n) is 1.67. The lowest BCUT2D eigenvalue weighted by atomic mass is 9.84. The largest absolute Gasteiger partial charge is 0.463 e. The molecule has 2 atom stereocenters. The van der Waals surface area contributed by atoms with E-state index >= 15 is 0 Å². The van der Waals surface area contributed by atoms with Crippen LogP contribution in [0, 0.1) is 5.41 Å². The van der Waals surface area contributed by atoms with Crippen LogP contribution in [0.3, 0.4) is 0 Å². The number of hydrogen-bond donors (Lipinski definition) is 0. The molecular weight excluding hydrogens is 337 g/mol. The van der Waals surface area contributed by atoms with E-state index in [1.165, 1.54) is 0 Å². The summed E-state index contributed by atoms with van der Waals surface area (Å²) in [5, 5.41) is 3.95. The highest BCUT2D eigenvalue weighted by molar-refractivity contribution is 6.68. The fourth-order valence-corrected chi connectivity index (χ4v) is 2.03. The maximum absolute atomic E-state index is 11.4. The van der Waals surface area contributed by atoms with Gasteiger partial charge in [-0.05, 0) is 39.3 Å². The normalized spacial score (nSPS) is 25.5. The topological polar surface area (TPSA) is 47.9 Å². The van der Waals surface area contributed by atoms with E-state index in [9.17, 15) is 4.79 Å². The molecule has 0 bridgehead atoms. The van der Waals surface area contributed by atoms with Gasteiger partial charge in [-0.25, -0.2) is 4.79 Å². The molecule has 7 heteroatoms. The maximum atomic E-state index is 11.4. The molecule has 1 rings (SSSR count). The first-order valence-electron chi connectivity index (χ1n) is 6.47. The Kier molecular flexibility index (Phi) is 6.14. The molecule has 118 valence electrons. The summed E-state index contributed by atoms with van der Waals surface area (Å²) >= 11 is 17.9.